The van der Waals surface area contributed by atoms with Crippen LogP contribution >= 0.6 is 0 Å². The minimum Gasteiger partial charge on any atom is -0.444 e. The number of hydrogen-bond acceptors (Lipinski definition) is 7. The molecule has 2 unspecified atom stereocenters. The second kappa shape index (κ2) is 12.1. The fourth-order valence-electron chi connectivity index (χ4n) is 3.65. The van der Waals surface area contributed by atoms with Crippen LogP contribution in [0.15, 0.2) is 33.5 Å². The van der Waals surface area contributed by atoms with Gasteiger partial charge in [-0.3, -0.25) is 9.59 Å². The molecule has 2 rings (SSSR count). The van der Waals surface area contributed by atoms with Crippen LogP contribution in [-0.4, -0.2) is 49.1 Å². The highest BCUT2D eigenvalue weighted by atomic mass is 16.6. The molecule has 0 saturated heterocycles. The number of ketones is 1. The van der Waals surface area contributed by atoms with Crippen molar-refractivity contribution >= 4 is 34.4 Å². The van der Waals surface area contributed by atoms with Crippen molar-refractivity contribution in [2.45, 2.75) is 67.0 Å². The van der Waals surface area contributed by atoms with Crippen LogP contribution in [0, 0.1) is 11.8 Å². The number of nitrogens with one attached hydrogen (secondary N) is 2. The third kappa shape index (κ3) is 7.57. The van der Waals surface area contributed by atoms with Gasteiger partial charge in [0.25, 0.3) is 5.91 Å². The Hall–Kier alpha value is -3.36. The Kier molecular flexibility index (Phi) is 9.67. The SMILES string of the molecule is CCN(CC)c1ccc2cc(C(=O)NCC(NC(=O)OC(C)(C)C)C(=O)C(C)C(C)C)c(=O)oc2c1. The molecule has 2 N–H and O–H groups in total. The molecular weight excluding hydrogens is 462 g/mol. The van der Waals surface area contributed by atoms with Gasteiger partial charge in [0.15, 0.2) is 5.78 Å². The second-order valence-electron chi connectivity index (χ2n) is 10.2. The monoisotopic (exact) mass is 501 g/mol. The third-order valence-corrected chi connectivity index (χ3v) is 6.04. The zero-order valence-electron chi connectivity index (χ0n) is 22.6. The number of amides is 2. The number of nitrogens with zero attached hydrogens (tertiary/aromatic N) is 1. The van der Waals surface area contributed by atoms with Crippen molar-refractivity contribution in [2.24, 2.45) is 11.8 Å². The molecule has 0 radical (unpaired) electrons. The highest BCUT2D eigenvalue weighted by molar-refractivity contribution is 5.97. The number of benzene rings is 1. The maximum atomic E-state index is 13.0. The van der Waals surface area contributed by atoms with Crippen LogP contribution in [0.25, 0.3) is 11.0 Å². The summed E-state index contributed by atoms with van der Waals surface area (Å²) in [6.07, 6.45) is -0.764. The molecule has 0 aliphatic rings. The summed E-state index contributed by atoms with van der Waals surface area (Å²) < 4.78 is 10.7. The highest BCUT2D eigenvalue weighted by Crippen LogP contribution is 2.22. The number of ether oxygens (including phenoxy) is 1. The molecular formula is C27H39N3O6. The van der Waals surface area contributed by atoms with E-state index < -0.39 is 29.3 Å². The third-order valence-electron chi connectivity index (χ3n) is 6.04. The molecule has 36 heavy (non-hydrogen) atoms. The minimum atomic E-state index is -1.02. The van der Waals surface area contributed by atoms with E-state index in [4.69, 9.17) is 9.15 Å². The number of carbonyl (C=O) groups excluding carboxylic acids is 3. The Morgan fingerprint density at radius 2 is 1.69 bits per heavy atom. The van der Waals surface area contributed by atoms with Gasteiger partial charge >= 0.3 is 11.7 Å². The molecule has 0 spiro atoms. The van der Waals surface area contributed by atoms with Gasteiger partial charge in [0, 0.05) is 42.7 Å². The first-order valence-corrected chi connectivity index (χ1v) is 12.4. The predicted molar refractivity (Wildman–Crippen MR) is 141 cm³/mol. The van der Waals surface area contributed by atoms with Crippen molar-refractivity contribution in [3.8, 4) is 0 Å². The van der Waals surface area contributed by atoms with Crippen LogP contribution in [0.4, 0.5) is 10.5 Å². The van der Waals surface area contributed by atoms with E-state index in [-0.39, 0.29) is 29.7 Å². The van der Waals surface area contributed by atoms with Gasteiger partial charge in [-0.2, -0.15) is 0 Å². The molecule has 9 nitrogen and oxygen atoms in total. The predicted octanol–water partition coefficient (Wildman–Crippen LogP) is 4.12. The molecule has 1 aromatic carbocycles. The average molecular weight is 502 g/mol. The summed E-state index contributed by atoms with van der Waals surface area (Å²) in [4.78, 5) is 53.0. The molecule has 2 amide bonds. The molecule has 0 aliphatic heterocycles. The fraction of sp³-hybridized carbons (Fsp3) is 0.556. The van der Waals surface area contributed by atoms with Crippen molar-refractivity contribution in [3.05, 3.63) is 40.2 Å². The topological polar surface area (TPSA) is 118 Å². The zero-order chi connectivity index (χ0) is 27.2. The molecule has 2 atom stereocenters. The van der Waals surface area contributed by atoms with Crippen LogP contribution in [-0.2, 0) is 9.53 Å². The first-order chi connectivity index (χ1) is 16.8. The van der Waals surface area contributed by atoms with Crippen molar-refractivity contribution in [2.75, 3.05) is 24.5 Å². The summed E-state index contributed by atoms with van der Waals surface area (Å²) in [6.45, 7) is 16.2. The van der Waals surface area contributed by atoms with E-state index in [1.807, 2.05) is 33.8 Å². The van der Waals surface area contributed by atoms with Crippen molar-refractivity contribution in [3.63, 3.8) is 0 Å². The molecule has 1 aromatic heterocycles. The molecule has 9 heteroatoms. The molecule has 0 aliphatic carbocycles. The van der Waals surface area contributed by atoms with Gasteiger partial charge in [-0.15, -0.1) is 0 Å². The summed E-state index contributed by atoms with van der Waals surface area (Å²) in [6, 6.07) is 5.92. The van der Waals surface area contributed by atoms with Crippen LogP contribution in [0.2, 0.25) is 0 Å². The molecule has 0 fully saturated rings. The van der Waals surface area contributed by atoms with Gasteiger partial charge in [0.2, 0.25) is 0 Å². The lowest BCUT2D eigenvalue weighted by atomic mass is 9.89. The fourth-order valence-corrected chi connectivity index (χ4v) is 3.65. The van der Waals surface area contributed by atoms with Gasteiger partial charge in [-0.1, -0.05) is 20.8 Å². The standard InChI is InChI=1S/C27H39N3O6/c1-9-30(10-2)19-12-11-18-13-20(25(33)35-22(18)14-19)24(32)28-15-21(23(31)17(5)16(3)4)29-26(34)36-27(6,7)8/h11-14,16-17,21H,9-10,15H2,1-8H3,(H,28,32)(H,29,34). The Bertz CT molecular complexity index is 1140. The maximum Gasteiger partial charge on any atom is 0.408 e. The first kappa shape index (κ1) is 28.9. The number of anilines is 1. The Labute approximate surface area is 212 Å². The number of rotatable bonds is 10. The largest absolute Gasteiger partial charge is 0.444 e. The van der Waals surface area contributed by atoms with Crippen LogP contribution < -0.4 is 21.2 Å². The molecule has 0 saturated carbocycles. The van der Waals surface area contributed by atoms with E-state index in [0.29, 0.717) is 11.0 Å². The van der Waals surface area contributed by atoms with Crippen LogP contribution in [0.5, 0.6) is 0 Å². The van der Waals surface area contributed by atoms with Crippen LogP contribution in [0.3, 0.4) is 0 Å². The summed E-state index contributed by atoms with van der Waals surface area (Å²) in [5, 5.41) is 5.75. The number of hydrogen-bond donors (Lipinski definition) is 2. The number of carbonyl (C=O) groups is 3. The second-order valence-corrected chi connectivity index (χ2v) is 10.2. The van der Waals surface area contributed by atoms with E-state index in [1.54, 1.807) is 39.8 Å². The zero-order valence-corrected chi connectivity index (χ0v) is 22.6. The van der Waals surface area contributed by atoms with E-state index >= 15 is 0 Å². The molecule has 198 valence electrons. The number of fused-ring (bicyclic) bond motifs is 1. The average Bonchev–Trinajstić information content (AvgIpc) is 2.79. The Morgan fingerprint density at radius 3 is 2.25 bits per heavy atom. The minimum absolute atomic E-state index is 0.0323. The normalized spacial score (nSPS) is 13.2. The summed E-state index contributed by atoms with van der Waals surface area (Å²) in [5.74, 6) is -1.28. The van der Waals surface area contributed by atoms with Crippen molar-refractivity contribution < 1.29 is 23.5 Å². The van der Waals surface area contributed by atoms with Gasteiger partial charge in [0.1, 0.15) is 22.8 Å². The van der Waals surface area contributed by atoms with E-state index in [2.05, 4.69) is 15.5 Å². The molecule has 1 heterocycles. The maximum absolute atomic E-state index is 13.0. The highest BCUT2D eigenvalue weighted by Gasteiger charge is 2.30. The summed E-state index contributed by atoms with van der Waals surface area (Å²) in [7, 11) is 0. The number of alkyl carbamates (subject to hydrolysis) is 1. The number of Topliss-reactive ketones (excluding diaryl/α,β-unsaturated/α-hetero) is 1. The quantitative estimate of drug-likeness (QED) is 0.470. The van der Waals surface area contributed by atoms with Gasteiger partial charge in [-0.05, 0) is 58.7 Å². The Morgan fingerprint density at radius 1 is 1.06 bits per heavy atom. The van der Waals surface area contributed by atoms with E-state index in [9.17, 15) is 19.2 Å². The first-order valence-electron chi connectivity index (χ1n) is 12.4. The van der Waals surface area contributed by atoms with Gasteiger partial charge < -0.3 is 24.7 Å². The van der Waals surface area contributed by atoms with Gasteiger partial charge in [-0.25, -0.2) is 9.59 Å². The molecule has 0 bridgehead atoms. The van der Waals surface area contributed by atoms with Crippen LogP contribution in [0.1, 0.15) is 65.7 Å². The van der Waals surface area contributed by atoms with Crippen molar-refractivity contribution in [1.29, 1.82) is 0 Å². The Balaban J connectivity index is 2.24. The van der Waals surface area contributed by atoms with Gasteiger partial charge in [0.05, 0.1) is 0 Å². The lowest BCUT2D eigenvalue weighted by Gasteiger charge is -2.26. The summed E-state index contributed by atoms with van der Waals surface area (Å²) in [5.41, 5.74) is -0.415. The van der Waals surface area contributed by atoms with Crippen molar-refractivity contribution in [1.82, 2.24) is 10.6 Å². The van der Waals surface area contributed by atoms with E-state index in [0.717, 1.165) is 18.8 Å². The lowest BCUT2D eigenvalue weighted by Crippen LogP contribution is -2.52. The molecule has 2 aromatic rings. The smallest absolute Gasteiger partial charge is 0.408 e. The lowest BCUT2D eigenvalue weighted by molar-refractivity contribution is -0.125. The van der Waals surface area contributed by atoms with E-state index in [1.165, 1.54) is 6.07 Å². The summed E-state index contributed by atoms with van der Waals surface area (Å²) >= 11 is 0.